The van der Waals surface area contributed by atoms with E-state index >= 15 is 0 Å². The van der Waals surface area contributed by atoms with E-state index in [2.05, 4.69) is 15.6 Å². The summed E-state index contributed by atoms with van der Waals surface area (Å²) in [5, 5.41) is 6.29. The predicted molar refractivity (Wildman–Crippen MR) is 118 cm³/mol. The Kier molecular flexibility index (Phi) is 5.67. The zero-order valence-corrected chi connectivity index (χ0v) is 17.8. The maximum atomic E-state index is 13.0. The van der Waals surface area contributed by atoms with E-state index in [-0.39, 0.29) is 30.0 Å². The van der Waals surface area contributed by atoms with Gasteiger partial charge < -0.3 is 10.6 Å². The summed E-state index contributed by atoms with van der Waals surface area (Å²) in [6, 6.07) is 7.72. The van der Waals surface area contributed by atoms with Crippen molar-refractivity contribution >= 4 is 39.1 Å². The molecule has 0 radical (unpaired) electrons. The molecule has 8 heteroatoms. The summed E-state index contributed by atoms with van der Waals surface area (Å²) in [5.74, 6) is -0.453. The zero-order chi connectivity index (χ0) is 21.3. The van der Waals surface area contributed by atoms with E-state index in [1.54, 1.807) is 6.92 Å². The number of amides is 2. The topological polar surface area (TPSA) is 93.1 Å². The highest BCUT2D eigenvalue weighted by atomic mass is 32.1. The normalized spacial score (nSPS) is 14.2. The van der Waals surface area contributed by atoms with E-state index in [0.29, 0.717) is 20.7 Å². The molecule has 3 aromatic rings. The van der Waals surface area contributed by atoms with Crippen LogP contribution in [0.15, 0.2) is 35.4 Å². The zero-order valence-electron chi connectivity index (χ0n) is 17.0. The number of anilines is 1. The highest BCUT2D eigenvalue weighted by molar-refractivity contribution is 7.20. The van der Waals surface area contributed by atoms with Gasteiger partial charge in [0, 0.05) is 11.7 Å². The average molecular weight is 425 g/mol. The van der Waals surface area contributed by atoms with E-state index < -0.39 is 0 Å². The quantitative estimate of drug-likeness (QED) is 0.657. The molecule has 0 atom stereocenters. The maximum absolute atomic E-state index is 13.0. The van der Waals surface area contributed by atoms with Crippen molar-refractivity contribution in [2.24, 2.45) is 0 Å². The molecule has 1 aromatic carbocycles. The predicted octanol–water partition coefficient (Wildman–Crippen LogP) is 3.39. The summed E-state index contributed by atoms with van der Waals surface area (Å²) in [6.07, 6.45) is 5.61. The molecule has 0 bridgehead atoms. The average Bonchev–Trinajstić information content (AvgIpc) is 3.34. The summed E-state index contributed by atoms with van der Waals surface area (Å²) in [7, 11) is 0. The first-order chi connectivity index (χ1) is 14.4. The summed E-state index contributed by atoms with van der Waals surface area (Å²) in [4.78, 5) is 43.4. The molecule has 0 spiro atoms. The minimum absolute atomic E-state index is 0.0711. The Morgan fingerprint density at radius 2 is 1.93 bits per heavy atom. The van der Waals surface area contributed by atoms with Crippen molar-refractivity contribution < 1.29 is 9.59 Å². The lowest BCUT2D eigenvalue weighted by atomic mass is 10.2. The molecule has 1 fully saturated rings. The van der Waals surface area contributed by atoms with E-state index in [1.807, 2.05) is 31.2 Å². The molecule has 0 unspecified atom stereocenters. The SMILES string of the molecule is Cc1ccccc1NC(=O)c1sc2ncn(CC(=O)NC3CCCC3)c(=O)c2c1C. The van der Waals surface area contributed by atoms with Gasteiger partial charge in [-0.25, -0.2) is 4.98 Å². The molecular weight excluding hydrogens is 400 g/mol. The third kappa shape index (κ3) is 4.00. The fourth-order valence-electron chi connectivity index (χ4n) is 3.88. The van der Waals surface area contributed by atoms with Crippen molar-refractivity contribution in [2.45, 2.75) is 52.1 Å². The van der Waals surface area contributed by atoms with Crippen molar-refractivity contribution in [2.75, 3.05) is 5.32 Å². The first kappa shape index (κ1) is 20.3. The molecule has 1 aliphatic carbocycles. The molecule has 156 valence electrons. The van der Waals surface area contributed by atoms with Gasteiger partial charge >= 0.3 is 0 Å². The second-order valence-electron chi connectivity index (χ2n) is 7.73. The second kappa shape index (κ2) is 8.39. The van der Waals surface area contributed by atoms with Gasteiger partial charge in [0.2, 0.25) is 5.91 Å². The largest absolute Gasteiger partial charge is 0.352 e. The standard InChI is InChI=1S/C22H24N4O3S/c1-13-7-3-6-10-16(13)25-20(28)19-14(2)18-21(30-19)23-12-26(22(18)29)11-17(27)24-15-8-4-5-9-15/h3,6-7,10,12,15H,4-5,8-9,11H2,1-2H3,(H,24,27)(H,25,28). The smallest absolute Gasteiger partial charge is 0.266 e. The van der Waals surface area contributed by atoms with Gasteiger partial charge in [0.25, 0.3) is 11.5 Å². The van der Waals surface area contributed by atoms with Gasteiger partial charge in [-0.1, -0.05) is 31.0 Å². The Morgan fingerprint density at radius 3 is 2.67 bits per heavy atom. The van der Waals surface area contributed by atoms with E-state index in [1.165, 1.54) is 22.2 Å². The van der Waals surface area contributed by atoms with Crippen LogP contribution in [-0.2, 0) is 11.3 Å². The second-order valence-corrected chi connectivity index (χ2v) is 8.73. The molecule has 1 aliphatic rings. The molecule has 1 saturated carbocycles. The summed E-state index contributed by atoms with van der Waals surface area (Å²) >= 11 is 1.19. The number of thiophene rings is 1. The van der Waals surface area contributed by atoms with Crippen LogP contribution in [0.2, 0.25) is 0 Å². The van der Waals surface area contributed by atoms with E-state index in [0.717, 1.165) is 36.9 Å². The number of nitrogens with zero attached hydrogens (tertiary/aromatic N) is 2. The van der Waals surface area contributed by atoms with Gasteiger partial charge in [-0.2, -0.15) is 0 Å². The summed E-state index contributed by atoms with van der Waals surface area (Å²) < 4.78 is 1.31. The number of hydrogen-bond acceptors (Lipinski definition) is 5. The number of fused-ring (bicyclic) bond motifs is 1. The highest BCUT2D eigenvalue weighted by Gasteiger charge is 2.21. The minimum Gasteiger partial charge on any atom is -0.352 e. The number of aromatic nitrogens is 2. The fourth-order valence-corrected chi connectivity index (χ4v) is 4.91. The molecule has 2 amide bonds. The van der Waals surface area contributed by atoms with Gasteiger partial charge in [0.1, 0.15) is 11.4 Å². The lowest BCUT2D eigenvalue weighted by Crippen LogP contribution is -2.37. The molecule has 0 aliphatic heterocycles. The molecular formula is C22H24N4O3S. The minimum atomic E-state index is -0.301. The van der Waals surface area contributed by atoms with Crippen molar-refractivity contribution in [3.8, 4) is 0 Å². The van der Waals surface area contributed by atoms with Crippen LogP contribution in [0.3, 0.4) is 0 Å². The Balaban J connectivity index is 1.58. The lowest BCUT2D eigenvalue weighted by Gasteiger charge is -2.12. The van der Waals surface area contributed by atoms with Crippen LogP contribution in [0.1, 0.15) is 46.5 Å². The Bertz CT molecular complexity index is 1170. The van der Waals surface area contributed by atoms with Crippen LogP contribution in [0.5, 0.6) is 0 Å². The van der Waals surface area contributed by atoms with E-state index in [9.17, 15) is 14.4 Å². The third-order valence-electron chi connectivity index (χ3n) is 5.55. The number of carbonyl (C=O) groups excluding carboxylic acids is 2. The first-order valence-corrected chi connectivity index (χ1v) is 10.9. The van der Waals surface area contributed by atoms with Crippen LogP contribution in [-0.4, -0.2) is 27.4 Å². The van der Waals surface area contributed by atoms with Gasteiger partial charge in [0.05, 0.1) is 16.6 Å². The number of hydrogen-bond donors (Lipinski definition) is 2. The van der Waals surface area contributed by atoms with Crippen LogP contribution in [0.4, 0.5) is 5.69 Å². The Labute approximate surface area is 178 Å². The lowest BCUT2D eigenvalue weighted by molar-refractivity contribution is -0.122. The molecule has 7 nitrogen and oxygen atoms in total. The Morgan fingerprint density at radius 1 is 1.20 bits per heavy atom. The highest BCUT2D eigenvalue weighted by Crippen LogP contribution is 2.28. The van der Waals surface area contributed by atoms with Crippen molar-refractivity contribution in [3.63, 3.8) is 0 Å². The van der Waals surface area contributed by atoms with Gasteiger partial charge in [0.15, 0.2) is 0 Å². The molecule has 2 aromatic heterocycles. The summed E-state index contributed by atoms with van der Waals surface area (Å²) in [5.41, 5.74) is 1.97. The van der Waals surface area contributed by atoms with Gasteiger partial charge in [-0.3, -0.25) is 19.0 Å². The summed E-state index contributed by atoms with van der Waals surface area (Å²) in [6.45, 7) is 3.60. The number of aryl methyl sites for hydroxylation is 2. The van der Waals surface area contributed by atoms with Crippen molar-refractivity contribution in [1.82, 2.24) is 14.9 Å². The number of nitrogens with one attached hydrogen (secondary N) is 2. The van der Waals surface area contributed by atoms with Crippen LogP contribution in [0, 0.1) is 13.8 Å². The van der Waals surface area contributed by atoms with Crippen molar-refractivity contribution in [1.29, 1.82) is 0 Å². The maximum Gasteiger partial charge on any atom is 0.266 e. The molecule has 0 saturated heterocycles. The third-order valence-corrected chi connectivity index (χ3v) is 6.75. The van der Waals surface area contributed by atoms with Crippen LogP contribution < -0.4 is 16.2 Å². The van der Waals surface area contributed by atoms with Crippen LogP contribution in [0.25, 0.3) is 10.2 Å². The number of carbonyl (C=O) groups is 2. The monoisotopic (exact) mass is 424 g/mol. The number of benzene rings is 1. The van der Waals surface area contributed by atoms with Crippen molar-refractivity contribution in [3.05, 3.63) is 57.0 Å². The van der Waals surface area contributed by atoms with Gasteiger partial charge in [-0.05, 0) is 43.9 Å². The Hall–Kier alpha value is -3.00. The molecule has 30 heavy (non-hydrogen) atoms. The first-order valence-electron chi connectivity index (χ1n) is 10.1. The number of para-hydroxylation sites is 1. The molecule has 4 rings (SSSR count). The molecule has 2 N–H and O–H groups in total. The van der Waals surface area contributed by atoms with Gasteiger partial charge in [-0.15, -0.1) is 11.3 Å². The van der Waals surface area contributed by atoms with Crippen LogP contribution >= 0.6 is 11.3 Å². The fraction of sp³-hybridized carbons (Fsp3) is 0.364. The molecule has 2 heterocycles. The van der Waals surface area contributed by atoms with E-state index in [4.69, 9.17) is 0 Å². The number of rotatable bonds is 5.